The first-order valence-corrected chi connectivity index (χ1v) is 8.20. The van der Waals surface area contributed by atoms with Gasteiger partial charge in [0.25, 0.3) is 0 Å². The topological polar surface area (TPSA) is 20.2 Å². The summed E-state index contributed by atoms with van der Waals surface area (Å²) in [5.41, 5.74) is -0.416. The molecule has 0 aromatic heterocycles. The molecule has 68 valence electrons. The third-order valence-corrected chi connectivity index (χ3v) is 3.93. The van der Waals surface area contributed by atoms with Crippen LogP contribution >= 0.6 is 0 Å². The zero-order chi connectivity index (χ0) is 9.12. The molecule has 0 saturated carbocycles. The molecule has 0 spiro atoms. The summed E-state index contributed by atoms with van der Waals surface area (Å²) in [6.45, 7) is 11.0. The maximum Gasteiger partial charge on any atom is 0.0614 e. The summed E-state index contributed by atoms with van der Waals surface area (Å²) in [4.78, 5) is 0. The Kier molecular flexibility index (Phi) is 3.78. The number of rotatable bonds is 4. The van der Waals surface area contributed by atoms with Crippen LogP contribution in [-0.2, 0) is 0 Å². The van der Waals surface area contributed by atoms with E-state index in [-0.39, 0.29) is 0 Å². The molecule has 0 bridgehead atoms. The highest BCUT2D eigenvalue weighted by molar-refractivity contribution is 6.76. The Balaban J connectivity index is 3.70. The third kappa shape index (κ3) is 6.57. The normalized spacial score (nSPS) is 18.0. The predicted octanol–water partition coefficient (Wildman–Crippen LogP) is 2.88. The third-order valence-electron chi connectivity index (χ3n) is 2.18. The van der Waals surface area contributed by atoms with Crippen LogP contribution in [0.4, 0.5) is 0 Å². The summed E-state index contributed by atoms with van der Waals surface area (Å²) in [5.74, 6) is 0. The Morgan fingerprint density at radius 2 is 1.73 bits per heavy atom. The summed E-state index contributed by atoms with van der Waals surface area (Å²) >= 11 is 0. The molecule has 2 heteroatoms. The van der Waals surface area contributed by atoms with Crippen LogP contribution in [0, 0.1) is 0 Å². The lowest BCUT2D eigenvalue weighted by molar-refractivity contribution is 0.0518. The molecule has 0 aromatic rings. The van der Waals surface area contributed by atoms with E-state index < -0.39 is 13.7 Å². The molecule has 0 saturated heterocycles. The standard InChI is InChI=1S/C9H22OSi/c1-6-9(2,10)7-8-11(3,4)5/h10H,6-8H2,1-5H3. The van der Waals surface area contributed by atoms with Crippen LogP contribution in [0.15, 0.2) is 0 Å². The molecule has 0 radical (unpaired) electrons. The maximum atomic E-state index is 9.71. The van der Waals surface area contributed by atoms with Gasteiger partial charge in [-0.05, 0) is 19.8 Å². The zero-order valence-corrected chi connectivity index (χ0v) is 9.57. The van der Waals surface area contributed by atoms with Crippen LogP contribution in [0.3, 0.4) is 0 Å². The summed E-state index contributed by atoms with van der Waals surface area (Å²) < 4.78 is 0. The lowest BCUT2D eigenvalue weighted by atomic mass is 10.0. The molecular formula is C9H22OSi. The molecule has 0 aliphatic carbocycles. The zero-order valence-electron chi connectivity index (χ0n) is 8.57. The molecule has 0 rings (SSSR count). The van der Waals surface area contributed by atoms with Gasteiger partial charge in [-0.2, -0.15) is 0 Å². The monoisotopic (exact) mass is 174 g/mol. The quantitative estimate of drug-likeness (QED) is 0.650. The molecule has 0 amide bonds. The molecule has 0 fully saturated rings. The van der Waals surface area contributed by atoms with Gasteiger partial charge in [-0.3, -0.25) is 0 Å². The van der Waals surface area contributed by atoms with Gasteiger partial charge in [-0.25, -0.2) is 0 Å². The fourth-order valence-corrected chi connectivity index (χ4v) is 2.11. The molecule has 1 N–H and O–H groups in total. The summed E-state index contributed by atoms with van der Waals surface area (Å²) in [6.07, 6.45) is 1.84. The van der Waals surface area contributed by atoms with Crippen LogP contribution in [0.2, 0.25) is 25.7 Å². The van der Waals surface area contributed by atoms with Crippen molar-refractivity contribution < 1.29 is 5.11 Å². The van der Waals surface area contributed by atoms with Crippen molar-refractivity contribution in [3.8, 4) is 0 Å². The van der Waals surface area contributed by atoms with Crippen LogP contribution < -0.4 is 0 Å². The molecule has 0 heterocycles. The molecule has 1 nitrogen and oxygen atoms in total. The van der Waals surface area contributed by atoms with Crippen molar-refractivity contribution in [2.75, 3.05) is 0 Å². The molecule has 1 unspecified atom stereocenters. The van der Waals surface area contributed by atoms with Gasteiger partial charge < -0.3 is 5.11 Å². The number of hydrogen-bond acceptors (Lipinski definition) is 1. The van der Waals surface area contributed by atoms with Crippen molar-refractivity contribution in [3.63, 3.8) is 0 Å². The van der Waals surface area contributed by atoms with Gasteiger partial charge >= 0.3 is 0 Å². The van der Waals surface area contributed by atoms with Crippen molar-refractivity contribution in [2.45, 2.75) is 58.0 Å². The Labute approximate surface area is 71.8 Å². The van der Waals surface area contributed by atoms with Gasteiger partial charge in [0.2, 0.25) is 0 Å². The molecule has 0 aliphatic heterocycles. The Morgan fingerprint density at radius 1 is 1.27 bits per heavy atom. The minimum atomic E-state index is -0.943. The minimum absolute atomic E-state index is 0.416. The van der Waals surface area contributed by atoms with E-state index in [9.17, 15) is 5.11 Å². The van der Waals surface area contributed by atoms with Crippen molar-refractivity contribution in [1.82, 2.24) is 0 Å². The number of aliphatic hydroxyl groups is 1. The van der Waals surface area contributed by atoms with Crippen LogP contribution in [0.5, 0.6) is 0 Å². The highest BCUT2D eigenvalue weighted by Crippen LogP contribution is 2.21. The first kappa shape index (κ1) is 11.2. The van der Waals surface area contributed by atoms with E-state index in [1.54, 1.807) is 0 Å². The predicted molar refractivity (Wildman–Crippen MR) is 53.7 cm³/mol. The van der Waals surface area contributed by atoms with E-state index in [1.807, 2.05) is 13.8 Å². The molecule has 1 atom stereocenters. The van der Waals surface area contributed by atoms with Crippen molar-refractivity contribution in [1.29, 1.82) is 0 Å². The SMILES string of the molecule is CCC(C)(O)CC[Si](C)(C)C. The summed E-state index contributed by atoms with van der Waals surface area (Å²) in [7, 11) is -0.943. The average molecular weight is 174 g/mol. The molecular weight excluding hydrogens is 152 g/mol. The fourth-order valence-electron chi connectivity index (χ4n) is 0.821. The van der Waals surface area contributed by atoms with Crippen molar-refractivity contribution in [2.24, 2.45) is 0 Å². The van der Waals surface area contributed by atoms with E-state index in [1.165, 1.54) is 6.04 Å². The van der Waals surface area contributed by atoms with Crippen molar-refractivity contribution >= 4 is 8.07 Å². The highest BCUT2D eigenvalue weighted by atomic mass is 28.3. The highest BCUT2D eigenvalue weighted by Gasteiger charge is 2.22. The van der Waals surface area contributed by atoms with E-state index in [0.29, 0.717) is 0 Å². The summed E-state index contributed by atoms with van der Waals surface area (Å²) in [5, 5.41) is 9.71. The van der Waals surface area contributed by atoms with Gasteiger partial charge in [-0.15, -0.1) is 0 Å². The molecule has 0 aromatic carbocycles. The van der Waals surface area contributed by atoms with E-state index >= 15 is 0 Å². The van der Waals surface area contributed by atoms with Gasteiger partial charge in [-0.1, -0.05) is 32.6 Å². The first-order valence-electron chi connectivity index (χ1n) is 4.49. The fraction of sp³-hybridized carbons (Fsp3) is 1.00. The van der Waals surface area contributed by atoms with Gasteiger partial charge in [0.05, 0.1) is 5.60 Å². The van der Waals surface area contributed by atoms with Crippen LogP contribution in [0.1, 0.15) is 26.7 Å². The Hall–Kier alpha value is 0.177. The van der Waals surface area contributed by atoms with E-state index in [0.717, 1.165) is 12.8 Å². The average Bonchev–Trinajstić information content (AvgIpc) is 1.83. The Morgan fingerprint density at radius 3 is 2.00 bits per heavy atom. The second-order valence-corrected chi connectivity index (χ2v) is 10.5. The molecule has 11 heavy (non-hydrogen) atoms. The second kappa shape index (κ2) is 3.72. The van der Waals surface area contributed by atoms with Gasteiger partial charge in [0, 0.05) is 8.07 Å². The number of hydrogen-bond donors (Lipinski definition) is 1. The summed E-state index contributed by atoms with van der Waals surface area (Å²) in [6, 6.07) is 1.23. The van der Waals surface area contributed by atoms with E-state index in [4.69, 9.17) is 0 Å². The lowest BCUT2D eigenvalue weighted by Gasteiger charge is -2.25. The largest absolute Gasteiger partial charge is 0.390 e. The minimum Gasteiger partial charge on any atom is -0.390 e. The van der Waals surface area contributed by atoms with Gasteiger partial charge in [0.1, 0.15) is 0 Å². The Bertz CT molecular complexity index is 113. The molecule has 0 aliphatic rings. The first-order chi connectivity index (χ1) is 4.77. The van der Waals surface area contributed by atoms with Crippen LogP contribution in [0.25, 0.3) is 0 Å². The van der Waals surface area contributed by atoms with E-state index in [2.05, 4.69) is 19.6 Å². The maximum absolute atomic E-state index is 9.71. The lowest BCUT2D eigenvalue weighted by Crippen LogP contribution is -2.28. The van der Waals surface area contributed by atoms with Gasteiger partial charge in [0.15, 0.2) is 0 Å². The smallest absolute Gasteiger partial charge is 0.0614 e. The van der Waals surface area contributed by atoms with Crippen molar-refractivity contribution in [3.05, 3.63) is 0 Å². The second-order valence-electron chi connectivity index (χ2n) is 4.91. The van der Waals surface area contributed by atoms with Crippen LogP contribution in [-0.4, -0.2) is 18.8 Å².